The molecule has 3 nitrogen and oxygen atoms in total. The molecule has 0 saturated carbocycles. The summed E-state index contributed by atoms with van der Waals surface area (Å²) in [6.45, 7) is 0. The molecule has 122 valence electrons. The zero-order valence-corrected chi connectivity index (χ0v) is 13.3. The molecule has 24 heavy (non-hydrogen) atoms. The molecule has 3 aromatic carbocycles. The van der Waals surface area contributed by atoms with Gasteiger partial charge in [0.15, 0.2) is 7.14 Å². The summed E-state index contributed by atoms with van der Waals surface area (Å²) in [5, 5.41) is 20.6. The maximum absolute atomic E-state index is 13.9. The Morgan fingerprint density at radius 1 is 0.667 bits per heavy atom. The third-order valence-electron chi connectivity index (χ3n) is 3.69. The summed E-state index contributed by atoms with van der Waals surface area (Å²) in [6.07, 6.45) is 0. The Hall–Kier alpha value is -2.65. The van der Waals surface area contributed by atoms with E-state index in [-0.39, 0.29) is 27.4 Å². The van der Waals surface area contributed by atoms with Gasteiger partial charge in [-0.15, -0.1) is 0 Å². The van der Waals surface area contributed by atoms with Crippen molar-refractivity contribution in [3.05, 3.63) is 78.4 Å². The van der Waals surface area contributed by atoms with E-state index in [9.17, 15) is 23.6 Å². The van der Waals surface area contributed by atoms with Crippen molar-refractivity contribution in [3.8, 4) is 11.5 Å². The van der Waals surface area contributed by atoms with Gasteiger partial charge in [-0.3, -0.25) is 0 Å². The lowest BCUT2D eigenvalue weighted by molar-refractivity contribution is 0.457. The fraction of sp³-hybridized carbons (Fsp3) is 0. The molecule has 0 radical (unpaired) electrons. The fourth-order valence-electron chi connectivity index (χ4n) is 2.55. The summed E-state index contributed by atoms with van der Waals surface area (Å²) in [7, 11) is -3.72. The Morgan fingerprint density at radius 3 is 1.42 bits per heavy atom. The molecular formula is C18H13F2O3P. The second kappa shape index (κ2) is 6.10. The molecule has 3 rings (SSSR count). The zero-order chi connectivity index (χ0) is 17.3. The van der Waals surface area contributed by atoms with Crippen LogP contribution in [0.25, 0.3) is 0 Å². The van der Waals surface area contributed by atoms with Crippen LogP contribution in [-0.2, 0) is 4.57 Å². The molecule has 0 aromatic heterocycles. The highest BCUT2D eigenvalue weighted by molar-refractivity contribution is 7.85. The van der Waals surface area contributed by atoms with E-state index in [0.29, 0.717) is 0 Å². The van der Waals surface area contributed by atoms with E-state index in [1.807, 2.05) is 0 Å². The van der Waals surface area contributed by atoms with Gasteiger partial charge in [0.1, 0.15) is 28.4 Å². The smallest absolute Gasteiger partial charge is 0.178 e. The SMILES string of the molecule is O=P(c1ccc(F)cc1)(c1ccc(F)cc1)c1c(O)cccc1O. The lowest BCUT2D eigenvalue weighted by Gasteiger charge is -2.21. The van der Waals surface area contributed by atoms with E-state index >= 15 is 0 Å². The Morgan fingerprint density at radius 2 is 1.04 bits per heavy atom. The first-order chi connectivity index (χ1) is 11.4. The van der Waals surface area contributed by atoms with Crippen LogP contribution in [0, 0.1) is 11.6 Å². The molecule has 0 bridgehead atoms. The van der Waals surface area contributed by atoms with Gasteiger partial charge < -0.3 is 14.8 Å². The lowest BCUT2D eigenvalue weighted by Crippen LogP contribution is -2.25. The summed E-state index contributed by atoms with van der Waals surface area (Å²) in [5.41, 5.74) is 0. The summed E-state index contributed by atoms with van der Waals surface area (Å²) >= 11 is 0. The van der Waals surface area contributed by atoms with Crippen LogP contribution in [0.4, 0.5) is 8.78 Å². The molecule has 0 aliphatic rings. The number of hydrogen-bond acceptors (Lipinski definition) is 3. The highest BCUT2D eigenvalue weighted by Crippen LogP contribution is 2.47. The van der Waals surface area contributed by atoms with Gasteiger partial charge in [-0.25, -0.2) is 8.78 Å². The van der Waals surface area contributed by atoms with Gasteiger partial charge in [0, 0.05) is 10.6 Å². The Balaban J connectivity index is 2.35. The van der Waals surface area contributed by atoms with Crippen LogP contribution in [0.1, 0.15) is 0 Å². The second-order valence-electron chi connectivity index (χ2n) is 5.21. The molecule has 0 unspecified atom stereocenters. The van der Waals surface area contributed by atoms with Crippen molar-refractivity contribution < 1.29 is 23.6 Å². The fourth-order valence-corrected chi connectivity index (χ4v) is 5.30. The number of halogens is 2. The minimum Gasteiger partial charge on any atom is -0.507 e. The van der Waals surface area contributed by atoms with E-state index in [1.54, 1.807) is 0 Å². The van der Waals surface area contributed by atoms with Crippen LogP contribution in [0.2, 0.25) is 0 Å². The Bertz CT molecular complexity index is 852. The quantitative estimate of drug-likeness (QED) is 0.717. The summed E-state index contributed by atoms with van der Waals surface area (Å²) in [5.74, 6) is -1.73. The van der Waals surface area contributed by atoms with Crippen molar-refractivity contribution in [3.63, 3.8) is 0 Å². The molecule has 2 N–H and O–H groups in total. The normalized spacial score (nSPS) is 11.4. The van der Waals surface area contributed by atoms with Gasteiger partial charge >= 0.3 is 0 Å². The van der Waals surface area contributed by atoms with E-state index in [1.165, 1.54) is 42.5 Å². The number of benzene rings is 3. The van der Waals surface area contributed by atoms with Crippen LogP contribution in [0.15, 0.2) is 66.7 Å². The molecule has 0 atom stereocenters. The predicted molar refractivity (Wildman–Crippen MR) is 89.1 cm³/mol. The molecule has 0 aliphatic heterocycles. The monoisotopic (exact) mass is 346 g/mol. The molecule has 3 aromatic rings. The van der Waals surface area contributed by atoms with Crippen molar-refractivity contribution >= 4 is 23.1 Å². The van der Waals surface area contributed by atoms with Gasteiger partial charge in [-0.05, 0) is 60.7 Å². The second-order valence-corrected chi connectivity index (χ2v) is 7.91. The Kier molecular flexibility index (Phi) is 4.12. The number of phenols is 2. The van der Waals surface area contributed by atoms with Crippen LogP contribution >= 0.6 is 7.14 Å². The third-order valence-corrected chi connectivity index (χ3v) is 6.83. The molecular weight excluding hydrogens is 333 g/mol. The van der Waals surface area contributed by atoms with Gasteiger partial charge in [-0.2, -0.15) is 0 Å². The molecule has 6 heteroatoms. The molecule has 0 heterocycles. The van der Waals surface area contributed by atoms with E-state index in [4.69, 9.17) is 0 Å². The first kappa shape index (κ1) is 16.2. The Labute approximate surface area is 137 Å². The largest absolute Gasteiger partial charge is 0.507 e. The maximum Gasteiger partial charge on any atom is 0.178 e. The average molecular weight is 346 g/mol. The predicted octanol–water partition coefficient (Wildman–Crippen LogP) is 3.02. The number of rotatable bonds is 3. The van der Waals surface area contributed by atoms with Crippen LogP contribution in [0.5, 0.6) is 11.5 Å². The number of hydrogen-bond donors (Lipinski definition) is 2. The maximum atomic E-state index is 13.9. The summed E-state index contributed by atoms with van der Waals surface area (Å²) < 4.78 is 40.4. The standard InChI is InChI=1S/C18H13F2O3P/c19-12-4-8-14(9-5-12)24(23,15-10-6-13(20)7-11-15)18-16(21)2-1-3-17(18)22/h1-11,21-22H. The van der Waals surface area contributed by atoms with Crippen molar-refractivity contribution in [2.24, 2.45) is 0 Å². The van der Waals surface area contributed by atoms with E-state index < -0.39 is 18.8 Å². The first-order valence-electron chi connectivity index (χ1n) is 7.07. The van der Waals surface area contributed by atoms with E-state index in [2.05, 4.69) is 0 Å². The van der Waals surface area contributed by atoms with Crippen molar-refractivity contribution in [1.29, 1.82) is 0 Å². The first-order valence-corrected chi connectivity index (χ1v) is 8.77. The minimum absolute atomic E-state index is 0.164. The van der Waals surface area contributed by atoms with Crippen LogP contribution < -0.4 is 15.9 Å². The minimum atomic E-state index is -3.72. The lowest BCUT2D eigenvalue weighted by atomic mass is 10.3. The van der Waals surface area contributed by atoms with Gasteiger partial charge in [-0.1, -0.05) is 6.07 Å². The van der Waals surface area contributed by atoms with Crippen molar-refractivity contribution in [2.45, 2.75) is 0 Å². The molecule has 0 saturated heterocycles. The molecule has 0 amide bonds. The summed E-state index contributed by atoms with van der Waals surface area (Å²) in [4.78, 5) is 0. The van der Waals surface area contributed by atoms with E-state index in [0.717, 1.165) is 24.3 Å². The van der Waals surface area contributed by atoms with Gasteiger partial charge in [0.25, 0.3) is 0 Å². The molecule has 0 aliphatic carbocycles. The summed E-state index contributed by atoms with van der Waals surface area (Å²) in [6, 6.07) is 13.9. The molecule has 0 fully saturated rings. The molecule has 0 spiro atoms. The average Bonchev–Trinajstić information content (AvgIpc) is 2.55. The van der Waals surface area contributed by atoms with Crippen molar-refractivity contribution in [1.82, 2.24) is 0 Å². The van der Waals surface area contributed by atoms with Gasteiger partial charge in [0.2, 0.25) is 0 Å². The highest BCUT2D eigenvalue weighted by Gasteiger charge is 2.35. The van der Waals surface area contributed by atoms with Crippen LogP contribution in [-0.4, -0.2) is 10.2 Å². The van der Waals surface area contributed by atoms with Crippen LogP contribution in [0.3, 0.4) is 0 Å². The number of phenolic OH excluding ortho intramolecular Hbond substituents is 2. The van der Waals surface area contributed by atoms with Gasteiger partial charge in [0.05, 0.1) is 0 Å². The third kappa shape index (κ3) is 2.68. The number of aromatic hydroxyl groups is 2. The topological polar surface area (TPSA) is 57.5 Å². The van der Waals surface area contributed by atoms with Crippen molar-refractivity contribution in [2.75, 3.05) is 0 Å². The zero-order valence-electron chi connectivity index (χ0n) is 12.4. The highest BCUT2D eigenvalue weighted by atomic mass is 31.2.